The van der Waals surface area contributed by atoms with Crippen molar-refractivity contribution in [1.29, 1.82) is 0 Å². The van der Waals surface area contributed by atoms with Gasteiger partial charge in [0.15, 0.2) is 0 Å². The van der Waals surface area contributed by atoms with Gasteiger partial charge in [-0.15, -0.1) is 0 Å². The molecule has 2 rings (SSSR count). The van der Waals surface area contributed by atoms with Gasteiger partial charge in [-0.2, -0.15) is 5.10 Å². The normalized spacial score (nSPS) is 10.4. The molecule has 0 unspecified atom stereocenters. The molecule has 0 aliphatic carbocycles. The topological polar surface area (TPSA) is 72.9 Å². The van der Waals surface area contributed by atoms with Gasteiger partial charge in [0.05, 0.1) is 11.7 Å². The van der Waals surface area contributed by atoms with Crippen LogP contribution in [0.2, 0.25) is 0 Å². The highest BCUT2D eigenvalue weighted by Crippen LogP contribution is 2.14. The second kappa shape index (κ2) is 3.12. The van der Waals surface area contributed by atoms with E-state index in [1.54, 1.807) is 23.0 Å². The molecule has 0 saturated heterocycles. The van der Waals surface area contributed by atoms with E-state index in [1.165, 1.54) is 0 Å². The lowest BCUT2D eigenvalue weighted by atomic mass is 10.1. The number of benzene rings is 1. The number of fused-ring (bicyclic) bond motifs is 1. The molecular weight excluding hydrogens is 180 g/mol. The summed E-state index contributed by atoms with van der Waals surface area (Å²) < 4.78 is 1.75. The number of carbonyl (C=O) groups excluding carboxylic acids is 1. The van der Waals surface area contributed by atoms with Gasteiger partial charge in [-0.1, -0.05) is 0 Å². The van der Waals surface area contributed by atoms with Crippen molar-refractivity contribution < 1.29 is 4.79 Å². The molecule has 1 aromatic carbocycles. The lowest BCUT2D eigenvalue weighted by molar-refractivity contribution is 0.0954. The first-order valence-electron chi connectivity index (χ1n) is 4.15. The highest BCUT2D eigenvalue weighted by molar-refractivity contribution is 5.97. The molecule has 1 amide bonds. The summed E-state index contributed by atoms with van der Waals surface area (Å²) >= 11 is 0. The Labute approximate surface area is 80.5 Å². The van der Waals surface area contributed by atoms with E-state index in [2.05, 4.69) is 10.5 Å². The van der Waals surface area contributed by atoms with Gasteiger partial charge in [-0.25, -0.2) is 5.84 Å². The number of nitrogens with one attached hydrogen (secondary N) is 1. The molecular formula is C9H10N4O. The van der Waals surface area contributed by atoms with E-state index in [-0.39, 0.29) is 5.91 Å². The average Bonchev–Trinajstić information content (AvgIpc) is 2.59. The quantitative estimate of drug-likeness (QED) is 0.382. The molecule has 0 saturated carbocycles. The zero-order chi connectivity index (χ0) is 10.1. The van der Waals surface area contributed by atoms with Crippen molar-refractivity contribution in [3.8, 4) is 0 Å². The predicted octanol–water partition coefficient (Wildman–Crippen LogP) is 0.177. The molecule has 14 heavy (non-hydrogen) atoms. The molecule has 0 spiro atoms. The monoisotopic (exact) mass is 190 g/mol. The molecule has 0 radical (unpaired) electrons. The Balaban J connectivity index is 2.57. The van der Waals surface area contributed by atoms with E-state index in [0.717, 1.165) is 10.9 Å². The van der Waals surface area contributed by atoms with Gasteiger partial charge in [0.1, 0.15) is 0 Å². The second-order valence-electron chi connectivity index (χ2n) is 3.02. The first kappa shape index (κ1) is 8.71. The maximum atomic E-state index is 11.2. The van der Waals surface area contributed by atoms with Crippen LogP contribution in [0, 0.1) is 0 Å². The van der Waals surface area contributed by atoms with Crippen molar-refractivity contribution in [3.63, 3.8) is 0 Å². The van der Waals surface area contributed by atoms with Gasteiger partial charge in [0.2, 0.25) is 0 Å². The van der Waals surface area contributed by atoms with Gasteiger partial charge in [0.25, 0.3) is 5.91 Å². The third kappa shape index (κ3) is 1.23. The van der Waals surface area contributed by atoms with E-state index in [9.17, 15) is 4.79 Å². The minimum Gasteiger partial charge on any atom is -0.290 e. The molecule has 5 nitrogen and oxygen atoms in total. The highest BCUT2D eigenvalue weighted by Gasteiger charge is 2.05. The van der Waals surface area contributed by atoms with Crippen LogP contribution in [0.1, 0.15) is 10.4 Å². The lowest BCUT2D eigenvalue weighted by Crippen LogP contribution is -2.29. The van der Waals surface area contributed by atoms with Gasteiger partial charge < -0.3 is 0 Å². The zero-order valence-electron chi connectivity index (χ0n) is 7.69. The van der Waals surface area contributed by atoms with E-state index in [0.29, 0.717) is 5.56 Å². The fourth-order valence-electron chi connectivity index (χ4n) is 1.39. The molecule has 0 atom stereocenters. The number of hydrogen-bond donors (Lipinski definition) is 2. The third-order valence-electron chi connectivity index (χ3n) is 2.14. The Morgan fingerprint density at radius 3 is 3.07 bits per heavy atom. The Kier molecular flexibility index (Phi) is 1.94. The molecule has 1 heterocycles. The van der Waals surface area contributed by atoms with E-state index < -0.39 is 0 Å². The largest absolute Gasteiger partial charge is 0.290 e. The van der Waals surface area contributed by atoms with Gasteiger partial charge in [0, 0.05) is 18.0 Å². The molecule has 0 fully saturated rings. The molecule has 2 aromatic rings. The first-order chi connectivity index (χ1) is 6.72. The second-order valence-corrected chi connectivity index (χ2v) is 3.02. The number of carbonyl (C=O) groups is 1. The summed E-state index contributed by atoms with van der Waals surface area (Å²) in [5.41, 5.74) is 3.61. The zero-order valence-corrected chi connectivity index (χ0v) is 7.69. The van der Waals surface area contributed by atoms with E-state index in [1.807, 2.05) is 13.1 Å². The lowest BCUT2D eigenvalue weighted by Gasteiger charge is -1.99. The van der Waals surface area contributed by atoms with Crippen LogP contribution >= 0.6 is 0 Å². The summed E-state index contributed by atoms with van der Waals surface area (Å²) in [5.74, 6) is 4.74. The van der Waals surface area contributed by atoms with Crippen molar-refractivity contribution in [1.82, 2.24) is 15.2 Å². The Hall–Kier alpha value is -1.88. The number of aromatic nitrogens is 2. The predicted molar refractivity (Wildman–Crippen MR) is 52.4 cm³/mol. The summed E-state index contributed by atoms with van der Waals surface area (Å²) in [5, 5.41) is 5.00. The fourth-order valence-corrected chi connectivity index (χ4v) is 1.39. The maximum Gasteiger partial charge on any atom is 0.265 e. The summed E-state index contributed by atoms with van der Waals surface area (Å²) in [6.45, 7) is 0. The molecule has 0 aliphatic rings. The molecule has 0 bridgehead atoms. The number of nitrogen functional groups attached to an aromatic ring is 1. The van der Waals surface area contributed by atoms with Crippen LogP contribution in [0.25, 0.3) is 10.9 Å². The standard InChI is InChI=1S/C9H10N4O/c1-13-8-3-2-6(9(14)12-10)4-7(8)5-11-13/h2-5H,10H2,1H3,(H,12,14). The van der Waals surface area contributed by atoms with Gasteiger partial charge >= 0.3 is 0 Å². The molecule has 0 aliphatic heterocycles. The Morgan fingerprint density at radius 2 is 2.36 bits per heavy atom. The van der Waals surface area contributed by atoms with Gasteiger partial charge in [-0.05, 0) is 18.2 Å². The maximum absolute atomic E-state index is 11.2. The fraction of sp³-hybridized carbons (Fsp3) is 0.111. The molecule has 3 N–H and O–H groups in total. The van der Waals surface area contributed by atoms with Crippen LogP contribution in [-0.2, 0) is 7.05 Å². The molecule has 5 heteroatoms. The average molecular weight is 190 g/mol. The minimum atomic E-state index is -0.296. The van der Waals surface area contributed by atoms with E-state index >= 15 is 0 Å². The molecule has 1 aromatic heterocycles. The number of hydrogen-bond acceptors (Lipinski definition) is 3. The van der Waals surface area contributed by atoms with Crippen molar-refractivity contribution >= 4 is 16.8 Å². The van der Waals surface area contributed by atoms with Crippen LogP contribution in [-0.4, -0.2) is 15.7 Å². The number of rotatable bonds is 1. The number of hydrazine groups is 1. The number of nitrogens with two attached hydrogens (primary N) is 1. The first-order valence-corrected chi connectivity index (χ1v) is 4.15. The third-order valence-corrected chi connectivity index (χ3v) is 2.14. The van der Waals surface area contributed by atoms with Gasteiger partial charge in [-0.3, -0.25) is 14.9 Å². The van der Waals surface area contributed by atoms with Crippen molar-refractivity contribution in [2.75, 3.05) is 0 Å². The number of amides is 1. The molecule has 72 valence electrons. The summed E-state index contributed by atoms with van der Waals surface area (Å²) in [6.07, 6.45) is 1.71. The minimum absolute atomic E-state index is 0.296. The Bertz CT molecular complexity index is 489. The summed E-state index contributed by atoms with van der Waals surface area (Å²) in [7, 11) is 1.85. The van der Waals surface area contributed by atoms with Crippen LogP contribution in [0.5, 0.6) is 0 Å². The van der Waals surface area contributed by atoms with Crippen molar-refractivity contribution in [2.45, 2.75) is 0 Å². The smallest absolute Gasteiger partial charge is 0.265 e. The Morgan fingerprint density at radius 1 is 1.57 bits per heavy atom. The van der Waals surface area contributed by atoms with Crippen LogP contribution in [0.3, 0.4) is 0 Å². The van der Waals surface area contributed by atoms with Crippen molar-refractivity contribution in [3.05, 3.63) is 30.0 Å². The van der Waals surface area contributed by atoms with Crippen LogP contribution in [0.15, 0.2) is 24.4 Å². The summed E-state index contributed by atoms with van der Waals surface area (Å²) in [6, 6.07) is 5.31. The summed E-state index contributed by atoms with van der Waals surface area (Å²) in [4.78, 5) is 11.2. The van der Waals surface area contributed by atoms with Crippen LogP contribution in [0.4, 0.5) is 0 Å². The van der Waals surface area contributed by atoms with Crippen molar-refractivity contribution in [2.24, 2.45) is 12.9 Å². The van der Waals surface area contributed by atoms with E-state index in [4.69, 9.17) is 5.84 Å². The number of aryl methyl sites for hydroxylation is 1. The number of nitrogens with zero attached hydrogens (tertiary/aromatic N) is 2. The highest BCUT2D eigenvalue weighted by atomic mass is 16.2. The van der Waals surface area contributed by atoms with Crippen LogP contribution < -0.4 is 11.3 Å². The SMILES string of the molecule is Cn1ncc2cc(C(=O)NN)ccc21.